The molecule has 104 valence electrons. The molecule has 0 bridgehead atoms. The Morgan fingerprint density at radius 1 is 1.42 bits per heavy atom. The van der Waals surface area contributed by atoms with Crippen molar-refractivity contribution in [3.8, 4) is 0 Å². The van der Waals surface area contributed by atoms with Gasteiger partial charge in [0.05, 0.1) is 24.5 Å². The van der Waals surface area contributed by atoms with Gasteiger partial charge in [-0.15, -0.1) is 0 Å². The number of aliphatic carboxylic acids is 1. The molecule has 0 amide bonds. The Morgan fingerprint density at radius 3 is 2.47 bits per heavy atom. The zero-order valence-electron chi connectivity index (χ0n) is 11.4. The summed E-state index contributed by atoms with van der Waals surface area (Å²) in [5.41, 5.74) is 1.82. The van der Waals surface area contributed by atoms with E-state index in [4.69, 9.17) is 4.74 Å². The number of carbonyl (C=O) groups is 1. The molecule has 1 unspecified atom stereocenters. The van der Waals surface area contributed by atoms with Crippen LogP contribution in [0.4, 0.5) is 0 Å². The van der Waals surface area contributed by atoms with Crippen LogP contribution in [0.3, 0.4) is 0 Å². The maximum Gasteiger partial charge on any atom is 0.307 e. The number of hydrogen-bond acceptors (Lipinski definition) is 2. The summed E-state index contributed by atoms with van der Waals surface area (Å²) < 4.78 is 6.37. The number of benzene rings is 1. The molecule has 1 N–H and O–H groups in total. The first-order chi connectivity index (χ1) is 8.88. The molecule has 1 atom stereocenters. The zero-order valence-corrected chi connectivity index (χ0v) is 13.0. The minimum atomic E-state index is -0.738. The minimum absolute atomic E-state index is 0.0692. The number of aryl methyl sites for hydroxylation is 1. The lowest BCUT2D eigenvalue weighted by atomic mass is 9.63. The predicted molar refractivity (Wildman–Crippen MR) is 77.3 cm³/mol. The van der Waals surface area contributed by atoms with Crippen LogP contribution in [0, 0.1) is 18.8 Å². The highest BCUT2D eigenvalue weighted by Crippen LogP contribution is 2.45. The average molecular weight is 327 g/mol. The van der Waals surface area contributed by atoms with E-state index in [2.05, 4.69) is 15.9 Å². The molecule has 0 radical (unpaired) electrons. The van der Waals surface area contributed by atoms with Gasteiger partial charge in [0.2, 0.25) is 0 Å². The topological polar surface area (TPSA) is 46.5 Å². The highest BCUT2D eigenvalue weighted by molar-refractivity contribution is 9.10. The van der Waals surface area contributed by atoms with E-state index in [0.717, 1.165) is 15.6 Å². The molecule has 1 aromatic carbocycles. The molecule has 0 spiro atoms. The Bertz CT molecular complexity index is 492. The first-order valence-corrected chi connectivity index (χ1v) is 7.25. The summed E-state index contributed by atoms with van der Waals surface area (Å²) in [5, 5.41) is 9.60. The van der Waals surface area contributed by atoms with Crippen molar-refractivity contribution in [1.29, 1.82) is 0 Å². The molecule has 3 nitrogen and oxygen atoms in total. The maximum atomic E-state index is 11.7. The Kier molecular flexibility index (Phi) is 4.02. The van der Waals surface area contributed by atoms with E-state index >= 15 is 0 Å². The number of hydrogen-bond donors (Lipinski definition) is 1. The van der Waals surface area contributed by atoms with Crippen LogP contribution >= 0.6 is 15.9 Å². The molecular formula is C15H19BrO3. The smallest absolute Gasteiger partial charge is 0.307 e. The molecule has 1 fully saturated rings. The second-order valence-corrected chi connectivity index (χ2v) is 6.58. The van der Waals surface area contributed by atoms with E-state index in [1.54, 1.807) is 0 Å². The van der Waals surface area contributed by atoms with Crippen LogP contribution in [-0.2, 0) is 14.9 Å². The van der Waals surface area contributed by atoms with Crippen LogP contribution in [0.15, 0.2) is 22.7 Å². The second kappa shape index (κ2) is 5.25. The van der Waals surface area contributed by atoms with Crippen molar-refractivity contribution in [3.05, 3.63) is 33.8 Å². The van der Waals surface area contributed by atoms with Gasteiger partial charge in [-0.05, 0) is 36.1 Å². The Hall–Kier alpha value is -0.870. The molecule has 1 aliphatic rings. The Balaban J connectivity index is 2.53. The molecular weight excluding hydrogens is 308 g/mol. The van der Waals surface area contributed by atoms with Gasteiger partial charge < -0.3 is 9.84 Å². The van der Waals surface area contributed by atoms with Crippen LogP contribution < -0.4 is 0 Å². The molecule has 0 aromatic heterocycles. The standard InChI is InChI=1S/C15H19BrO3/c1-9(2)13(14(17)18)15(7-19-8-15)12-6-11(16)5-4-10(12)3/h4-6,9,13H,7-8H2,1-3H3,(H,17,18). The first kappa shape index (κ1) is 14.5. The molecule has 1 saturated heterocycles. The molecule has 1 heterocycles. The monoisotopic (exact) mass is 326 g/mol. The van der Waals surface area contributed by atoms with E-state index in [1.807, 2.05) is 39.0 Å². The lowest BCUT2D eigenvalue weighted by molar-refractivity contribution is -0.161. The molecule has 2 rings (SSSR count). The summed E-state index contributed by atoms with van der Waals surface area (Å²) >= 11 is 3.48. The van der Waals surface area contributed by atoms with Crippen molar-refractivity contribution in [1.82, 2.24) is 0 Å². The number of ether oxygens (including phenoxy) is 1. The van der Waals surface area contributed by atoms with E-state index in [0.29, 0.717) is 13.2 Å². The fourth-order valence-electron chi connectivity index (χ4n) is 3.11. The lowest BCUT2D eigenvalue weighted by Gasteiger charge is -2.48. The lowest BCUT2D eigenvalue weighted by Crippen LogP contribution is -2.56. The molecule has 0 aliphatic carbocycles. The highest BCUT2D eigenvalue weighted by Gasteiger charge is 2.52. The average Bonchev–Trinajstić information content (AvgIpc) is 2.25. The van der Waals surface area contributed by atoms with E-state index in [-0.39, 0.29) is 5.92 Å². The molecule has 1 aliphatic heterocycles. The number of carboxylic acids is 1. The quantitative estimate of drug-likeness (QED) is 0.922. The van der Waals surface area contributed by atoms with Crippen LogP contribution in [-0.4, -0.2) is 24.3 Å². The number of rotatable bonds is 4. The third-order valence-electron chi connectivity index (χ3n) is 3.98. The number of halogens is 1. The van der Waals surface area contributed by atoms with Crippen LogP contribution in [0.1, 0.15) is 25.0 Å². The van der Waals surface area contributed by atoms with Gasteiger partial charge >= 0.3 is 5.97 Å². The molecule has 0 saturated carbocycles. The summed E-state index contributed by atoms with van der Waals surface area (Å²) in [4.78, 5) is 11.7. The normalized spacial score (nSPS) is 19.0. The van der Waals surface area contributed by atoms with Gasteiger partial charge in [0.15, 0.2) is 0 Å². The minimum Gasteiger partial charge on any atom is -0.481 e. The summed E-state index contributed by atoms with van der Waals surface area (Å²) in [6.07, 6.45) is 0. The van der Waals surface area contributed by atoms with Crippen LogP contribution in [0.5, 0.6) is 0 Å². The SMILES string of the molecule is Cc1ccc(Br)cc1C1(C(C(=O)O)C(C)C)COC1. The van der Waals surface area contributed by atoms with Crippen molar-refractivity contribution in [2.24, 2.45) is 11.8 Å². The van der Waals surface area contributed by atoms with E-state index in [1.165, 1.54) is 0 Å². The second-order valence-electron chi connectivity index (χ2n) is 5.67. The Labute approximate surface area is 122 Å². The van der Waals surface area contributed by atoms with E-state index < -0.39 is 17.3 Å². The third-order valence-corrected chi connectivity index (χ3v) is 4.48. The zero-order chi connectivity index (χ0) is 14.2. The Morgan fingerprint density at radius 2 is 2.05 bits per heavy atom. The fraction of sp³-hybridized carbons (Fsp3) is 0.533. The fourth-order valence-corrected chi connectivity index (χ4v) is 3.48. The van der Waals surface area contributed by atoms with Gasteiger partial charge in [0.1, 0.15) is 0 Å². The summed E-state index contributed by atoms with van der Waals surface area (Å²) in [5.74, 6) is -1.09. The highest BCUT2D eigenvalue weighted by atomic mass is 79.9. The third kappa shape index (κ3) is 2.43. The maximum absolute atomic E-state index is 11.7. The summed E-state index contributed by atoms with van der Waals surface area (Å²) in [6, 6.07) is 6.05. The van der Waals surface area contributed by atoms with Crippen molar-refractivity contribution >= 4 is 21.9 Å². The van der Waals surface area contributed by atoms with Crippen LogP contribution in [0.25, 0.3) is 0 Å². The van der Waals surface area contributed by atoms with Crippen molar-refractivity contribution in [2.75, 3.05) is 13.2 Å². The van der Waals surface area contributed by atoms with Crippen LogP contribution in [0.2, 0.25) is 0 Å². The summed E-state index contributed by atoms with van der Waals surface area (Å²) in [7, 11) is 0. The first-order valence-electron chi connectivity index (χ1n) is 6.45. The van der Waals surface area contributed by atoms with E-state index in [9.17, 15) is 9.90 Å². The molecule has 1 aromatic rings. The predicted octanol–water partition coefficient (Wildman–Crippen LogP) is 3.38. The van der Waals surface area contributed by atoms with Gasteiger partial charge in [-0.3, -0.25) is 4.79 Å². The molecule has 4 heteroatoms. The largest absolute Gasteiger partial charge is 0.481 e. The van der Waals surface area contributed by atoms with Crippen molar-refractivity contribution < 1.29 is 14.6 Å². The summed E-state index contributed by atoms with van der Waals surface area (Å²) in [6.45, 7) is 6.93. The van der Waals surface area contributed by atoms with Gasteiger partial charge in [-0.1, -0.05) is 35.8 Å². The van der Waals surface area contributed by atoms with Crippen molar-refractivity contribution in [2.45, 2.75) is 26.2 Å². The van der Waals surface area contributed by atoms with Crippen molar-refractivity contribution in [3.63, 3.8) is 0 Å². The van der Waals surface area contributed by atoms with Gasteiger partial charge in [0, 0.05) is 4.47 Å². The molecule has 19 heavy (non-hydrogen) atoms. The van der Waals surface area contributed by atoms with Gasteiger partial charge in [-0.2, -0.15) is 0 Å². The van der Waals surface area contributed by atoms with Gasteiger partial charge in [0.25, 0.3) is 0 Å². The number of carboxylic acid groups (broad SMARTS) is 1. The van der Waals surface area contributed by atoms with Gasteiger partial charge in [-0.25, -0.2) is 0 Å².